The van der Waals surface area contributed by atoms with Gasteiger partial charge in [-0.25, -0.2) is 39.5 Å². The number of aromatic nitrogens is 6. The highest BCUT2D eigenvalue weighted by Gasteiger charge is 2.36. The first-order valence-corrected chi connectivity index (χ1v) is 16.7. The second-order valence-electron chi connectivity index (χ2n) is 11.7. The van der Waals surface area contributed by atoms with Crippen LogP contribution >= 0.6 is 22.7 Å². The molecule has 7 rings (SSSR count). The van der Waals surface area contributed by atoms with Crippen LogP contribution in [-0.2, 0) is 0 Å². The molecule has 6 aromatic rings. The summed E-state index contributed by atoms with van der Waals surface area (Å²) in [4.78, 5) is 57.7. The zero-order valence-electron chi connectivity index (χ0n) is 25.9. The number of anilines is 2. The molecule has 0 bridgehead atoms. The van der Waals surface area contributed by atoms with Gasteiger partial charge in [0, 0.05) is 54.2 Å². The predicted molar refractivity (Wildman–Crippen MR) is 183 cm³/mol. The molecule has 1 saturated heterocycles. The number of carboxylic acids is 2. The molecule has 0 spiro atoms. The highest BCUT2D eigenvalue weighted by Crippen LogP contribution is 2.43. The minimum absolute atomic E-state index is 0.0337. The molecule has 0 amide bonds. The average molecular weight is 667 g/mol. The van der Waals surface area contributed by atoms with Crippen LogP contribution < -0.4 is 9.80 Å². The van der Waals surface area contributed by atoms with Gasteiger partial charge in [-0.15, -0.1) is 22.7 Å². The molecule has 0 radical (unpaired) electrons. The van der Waals surface area contributed by atoms with E-state index >= 15 is 0 Å². The summed E-state index contributed by atoms with van der Waals surface area (Å²) in [6, 6.07) is 9.71. The molecular weight excluding hydrogens is 637 g/mol. The van der Waals surface area contributed by atoms with E-state index in [1.807, 2.05) is 23.5 Å². The summed E-state index contributed by atoms with van der Waals surface area (Å²) in [6.07, 6.45) is 4.51. The first-order valence-electron chi connectivity index (χ1n) is 15.0. The third kappa shape index (κ3) is 5.52. The van der Waals surface area contributed by atoms with E-state index in [1.165, 1.54) is 23.5 Å². The van der Waals surface area contributed by atoms with E-state index < -0.39 is 11.9 Å². The largest absolute Gasteiger partial charge is 0.478 e. The first kappa shape index (κ1) is 30.6. The van der Waals surface area contributed by atoms with Crippen LogP contribution in [0, 0.1) is 0 Å². The maximum absolute atomic E-state index is 11.7. The number of thiazole rings is 2. The number of benzene rings is 2. The first-order chi connectivity index (χ1) is 22.6. The Balaban J connectivity index is 1.26. The van der Waals surface area contributed by atoms with Crippen molar-refractivity contribution in [3.63, 3.8) is 0 Å². The Kier molecular flexibility index (Phi) is 7.76. The Hall–Kier alpha value is -5.08. The van der Waals surface area contributed by atoms with Gasteiger partial charge >= 0.3 is 11.9 Å². The smallest absolute Gasteiger partial charge is 0.335 e. The predicted octanol–water partition coefficient (Wildman–Crippen LogP) is 6.44. The zero-order valence-corrected chi connectivity index (χ0v) is 27.6. The Labute approximate surface area is 277 Å². The van der Waals surface area contributed by atoms with Gasteiger partial charge in [0.15, 0.2) is 11.6 Å². The van der Waals surface area contributed by atoms with E-state index in [0.717, 1.165) is 27.9 Å². The third-order valence-electron chi connectivity index (χ3n) is 8.65. The Morgan fingerprint density at radius 2 is 1.55 bits per heavy atom. The standard InChI is InChI=1S/C33H30N8O4S2/c1-16(2)40(4)28-26(36-21-7-5-18(32(42)43)13-23(21)38-28)31-35-15-25(47-31)20-9-11-41(17(20)3)29-27(30-34-10-12-46-30)37-22-8-6-19(33(44)45)14-24(22)39-29/h5-8,10,12-17,20H,9,11H2,1-4H3,(H,42,43)(H,44,45). The van der Waals surface area contributed by atoms with Crippen LogP contribution in [0.15, 0.2) is 54.2 Å². The van der Waals surface area contributed by atoms with Crippen molar-refractivity contribution in [2.75, 3.05) is 23.4 Å². The number of nitrogens with zero attached hydrogens (tertiary/aromatic N) is 8. The van der Waals surface area contributed by atoms with Gasteiger partial charge in [0.25, 0.3) is 0 Å². The molecule has 2 unspecified atom stereocenters. The van der Waals surface area contributed by atoms with Crippen LogP contribution in [0.5, 0.6) is 0 Å². The lowest BCUT2D eigenvalue weighted by Crippen LogP contribution is -2.30. The fourth-order valence-corrected chi connectivity index (χ4v) is 7.62. The molecule has 12 nitrogen and oxygen atoms in total. The molecule has 1 fully saturated rings. The number of rotatable bonds is 8. The van der Waals surface area contributed by atoms with E-state index in [4.69, 9.17) is 24.9 Å². The van der Waals surface area contributed by atoms with Gasteiger partial charge in [0.1, 0.15) is 21.4 Å². The van der Waals surface area contributed by atoms with E-state index in [9.17, 15) is 19.8 Å². The monoisotopic (exact) mass is 666 g/mol. The zero-order chi connectivity index (χ0) is 33.0. The molecule has 14 heteroatoms. The summed E-state index contributed by atoms with van der Waals surface area (Å²) in [5.74, 6) is -0.571. The van der Waals surface area contributed by atoms with Crippen LogP contribution in [0.25, 0.3) is 43.5 Å². The molecule has 5 heterocycles. The van der Waals surface area contributed by atoms with Gasteiger partial charge in [-0.2, -0.15) is 0 Å². The number of aromatic carboxylic acids is 2. The average Bonchev–Trinajstić information content (AvgIpc) is 3.84. The van der Waals surface area contributed by atoms with Crippen LogP contribution in [-0.4, -0.2) is 77.7 Å². The fraction of sp³-hybridized carbons (Fsp3) is 0.273. The molecule has 1 aliphatic heterocycles. The van der Waals surface area contributed by atoms with Crippen molar-refractivity contribution in [1.29, 1.82) is 0 Å². The van der Waals surface area contributed by atoms with Gasteiger partial charge in [-0.3, -0.25) is 0 Å². The Bertz CT molecular complexity index is 2170. The Morgan fingerprint density at radius 1 is 0.894 bits per heavy atom. The summed E-state index contributed by atoms with van der Waals surface area (Å²) in [7, 11) is 1.94. The fourth-order valence-electron chi connectivity index (χ4n) is 5.86. The van der Waals surface area contributed by atoms with Crippen LogP contribution in [0.2, 0.25) is 0 Å². The van der Waals surface area contributed by atoms with Gasteiger partial charge in [0.05, 0.1) is 33.2 Å². The lowest BCUT2D eigenvalue weighted by Gasteiger charge is -2.27. The minimum atomic E-state index is -1.02. The van der Waals surface area contributed by atoms with Gasteiger partial charge in [0.2, 0.25) is 0 Å². The number of carbonyl (C=O) groups is 2. The molecule has 0 saturated carbocycles. The number of carboxylic acid groups (broad SMARTS) is 2. The topological polar surface area (TPSA) is 158 Å². The SMILES string of the molecule is CC(C)N(C)c1nc2cc(C(=O)O)ccc2nc1-c1ncc(C2CCN(c3nc4cc(C(=O)O)ccc4nc3-c3nccs3)C2C)s1. The molecule has 2 aromatic carbocycles. The summed E-state index contributed by atoms with van der Waals surface area (Å²) in [5.41, 5.74) is 3.87. The maximum atomic E-state index is 11.7. The molecule has 4 aromatic heterocycles. The quantitative estimate of drug-likeness (QED) is 0.183. The highest BCUT2D eigenvalue weighted by molar-refractivity contribution is 7.15. The van der Waals surface area contributed by atoms with E-state index in [0.29, 0.717) is 45.1 Å². The third-order valence-corrected chi connectivity index (χ3v) is 10.6. The second-order valence-corrected chi connectivity index (χ2v) is 13.7. The van der Waals surface area contributed by atoms with Crippen molar-refractivity contribution in [3.05, 3.63) is 70.2 Å². The molecule has 0 aliphatic carbocycles. The molecule has 1 aliphatic rings. The van der Waals surface area contributed by atoms with Crippen molar-refractivity contribution < 1.29 is 19.8 Å². The van der Waals surface area contributed by atoms with Crippen molar-refractivity contribution in [1.82, 2.24) is 29.9 Å². The molecule has 47 heavy (non-hydrogen) atoms. The molecular formula is C33H30N8O4S2. The normalized spacial score (nSPS) is 16.4. The van der Waals surface area contributed by atoms with Gasteiger partial charge < -0.3 is 20.0 Å². The Morgan fingerprint density at radius 3 is 2.17 bits per heavy atom. The second kappa shape index (κ2) is 11.9. The minimum Gasteiger partial charge on any atom is -0.478 e. The van der Waals surface area contributed by atoms with Crippen LogP contribution in [0.1, 0.15) is 58.7 Å². The van der Waals surface area contributed by atoms with Crippen LogP contribution in [0.4, 0.5) is 11.6 Å². The van der Waals surface area contributed by atoms with E-state index in [1.54, 1.807) is 41.8 Å². The van der Waals surface area contributed by atoms with Crippen molar-refractivity contribution in [2.45, 2.75) is 45.2 Å². The van der Waals surface area contributed by atoms with Crippen molar-refractivity contribution in [3.8, 4) is 21.4 Å². The lowest BCUT2D eigenvalue weighted by molar-refractivity contribution is 0.0686. The molecule has 2 N–H and O–H groups in total. The van der Waals surface area contributed by atoms with E-state index in [2.05, 4.69) is 30.7 Å². The lowest BCUT2D eigenvalue weighted by atomic mass is 10.0. The highest BCUT2D eigenvalue weighted by atomic mass is 32.1. The van der Waals surface area contributed by atoms with Crippen LogP contribution in [0.3, 0.4) is 0 Å². The summed E-state index contributed by atoms with van der Waals surface area (Å²) >= 11 is 3.07. The van der Waals surface area contributed by atoms with Crippen molar-refractivity contribution in [2.24, 2.45) is 0 Å². The van der Waals surface area contributed by atoms with Gasteiger partial charge in [-0.05, 0) is 63.6 Å². The van der Waals surface area contributed by atoms with Gasteiger partial charge in [-0.1, -0.05) is 0 Å². The van der Waals surface area contributed by atoms with E-state index in [-0.39, 0.29) is 29.1 Å². The number of hydrogen-bond donors (Lipinski definition) is 2. The number of hydrogen-bond acceptors (Lipinski definition) is 12. The molecule has 238 valence electrons. The number of fused-ring (bicyclic) bond motifs is 2. The summed E-state index contributed by atoms with van der Waals surface area (Å²) in [5, 5.41) is 22.5. The molecule has 2 atom stereocenters. The summed E-state index contributed by atoms with van der Waals surface area (Å²) in [6.45, 7) is 7.00. The summed E-state index contributed by atoms with van der Waals surface area (Å²) < 4.78 is 0. The van der Waals surface area contributed by atoms with Crippen molar-refractivity contribution >= 4 is 68.3 Å². The maximum Gasteiger partial charge on any atom is 0.335 e.